The molecule has 0 radical (unpaired) electrons. The first-order valence-corrected chi connectivity index (χ1v) is 7.90. The van der Waals surface area contributed by atoms with E-state index >= 15 is 0 Å². The number of anilines is 1. The zero-order valence-electron chi connectivity index (χ0n) is 12.8. The molecule has 0 saturated heterocycles. The highest BCUT2D eigenvalue weighted by atomic mass is 35.5. The van der Waals surface area contributed by atoms with Crippen LogP contribution in [0.1, 0.15) is 11.6 Å². The number of amides is 2. The van der Waals surface area contributed by atoms with Crippen molar-refractivity contribution >= 4 is 52.5 Å². The second-order valence-electron chi connectivity index (χ2n) is 5.45. The molecule has 2 heterocycles. The number of aliphatic imine (C=N–C) groups is 1. The molecule has 0 bridgehead atoms. The summed E-state index contributed by atoms with van der Waals surface area (Å²) in [6.45, 7) is 0. The summed E-state index contributed by atoms with van der Waals surface area (Å²) in [5.41, 5.74) is 2.46. The van der Waals surface area contributed by atoms with Crippen LogP contribution in [0.2, 0.25) is 5.15 Å². The molecule has 1 aliphatic heterocycles. The molecule has 1 aliphatic rings. The van der Waals surface area contributed by atoms with Crippen LogP contribution in [0.3, 0.4) is 0 Å². The third-order valence-electron chi connectivity index (χ3n) is 3.96. The Morgan fingerprint density at radius 2 is 1.68 bits per heavy atom. The van der Waals surface area contributed by atoms with Crippen LogP contribution in [0.25, 0.3) is 11.0 Å². The molecule has 0 N–H and O–H groups in total. The average Bonchev–Trinajstić information content (AvgIpc) is 2.77. The molecule has 2 aromatic carbocycles. The van der Waals surface area contributed by atoms with Crippen LogP contribution in [-0.2, 0) is 9.59 Å². The van der Waals surface area contributed by atoms with Gasteiger partial charge in [0.05, 0.1) is 28.1 Å². The fraction of sp³-hybridized carbons (Fsp3) is 0.0556. The zero-order chi connectivity index (χ0) is 17.4. The lowest BCUT2D eigenvalue weighted by Crippen LogP contribution is -2.34. The third-order valence-corrected chi connectivity index (χ3v) is 4.24. The zero-order valence-corrected chi connectivity index (χ0v) is 13.6. The molecule has 4 rings (SSSR count). The minimum atomic E-state index is -0.901. The van der Waals surface area contributed by atoms with E-state index in [1.54, 1.807) is 36.4 Å². The van der Waals surface area contributed by atoms with E-state index in [0.29, 0.717) is 28.8 Å². The van der Waals surface area contributed by atoms with Gasteiger partial charge in [0.1, 0.15) is 5.92 Å². The third kappa shape index (κ3) is 2.56. The number of halogens is 1. The SMILES string of the molecule is O=CN1C(=O)C(c2nc3ccccc3nc2Cl)C=Nc2ccccc21. The normalized spacial score (nSPS) is 16.6. The molecule has 1 unspecified atom stereocenters. The fourth-order valence-electron chi connectivity index (χ4n) is 2.75. The Morgan fingerprint density at radius 1 is 1.00 bits per heavy atom. The number of carbonyl (C=O) groups is 2. The molecule has 2 amide bonds. The Kier molecular flexibility index (Phi) is 3.74. The standard InChI is InChI=1S/C18H11ClN4O2/c19-17-16(21-12-5-1-2-6-13(12)22-17)11-9-20-14-7-3-4-8-15(14)23(10-24)18(11)25/h1-11H. The first kappa shape index (κ1) is 15.4. The smallest absolute Gasteiger partial charge is 0.248 e. The Bertz CT molecular complexity index is 1030. The number of hydrogen-bond donors (Lipinski definition) is 0. The van der Waals surface area contributed by atoms with E-state index in [1.807, 2.05) is 12.1 Å². The van der Waals surface area contributed by atoms with Gasteiger partial charge in [-0.15, -0.1) is 0 Å². The monoisotopic (exact) mass is 350 g/mol. The molecule has 7 heteroatoms. The molecular formula is C18H11ClN4O2. The van der Waals surface area contributed by atoms with E-state index in [4.69, 9.17) is 11.6 Å². The molecule has 0 saturated carbocycles. The molecular weight excluding hydrogens is 340 g/mol. The molecule has 25 heavy (non-hydrogen) atoms. The van der Waals surface area contributed by atoms with Crippen molar-refractivity contribution in [3.63, 3.8) is 0 Å². The number of fused-ring (bicyclic) bond motifs is 2. The summed E-state index contributed by atoms with van der Waals surface area (Å²) in [4.78, 5) is 38.6. The van der Waals surface area contributed by atoms with Crippen molar-refractivity contribution in [3.05, 3.63) is 59.4 Å². The number of carbonyl (C=O) groups excluding carboxylic acids is 2. The summed E-state index contributed by atoms with van der Waals surface area (Å²) < 4.78 is 0. The molecule has 0 fully saturated rings. The fourth-order valence-corrected chi connectivity index (χ4v) is 3.00. The summed E-state index contributed by atoms with van der Waals surface area (Å²) in [5, 5.41) is 0.111. The Balaban J connectivity index is 1.88. The van der Waals surface area contributed by atoms with Crippen LogP contribution in [0.15, 0.2) is 53.5 Å². The number of hydrogen-bond acceptors (Lipinski definition) is 5. The van der Waals surface area contributed by atoms with Crippen LogP contribution >= 0.6 is 11.6 Å². The van der Waals surface area contributed by atoms with Crippen molar-refractivity contribution in [2.24, 2.45) is 4.99 Å². The Hall–Kier alpha value is -3.12. The lowest BCUT2D eigenvalue weighted by molar-refractivity contribution is -0.121. The van der Waals surface area contributed by atoms with Gasteiger partial charge in [-0.3, -0.25) is 19.5 Å². The largest absolute Gasteiger partial charge is 0.278 e. The summed E-state index contributed by atoms with van der Waals surface area (Å²) >= 11 is 6.26. The van der Waals surface area contributed by atoms with Gasteiger partial charge in [-0.1, -0.05) is 35.9 Å². The molecule has 0 spiro atoms. The van der Waals surface area contributed by atoms with E-state index < -0.39 is 11.8 Å². The van der Waals surface area contributed by atoms with Crippen molar-refractivity contribution < 1.29 is 9.59 Å². The molecule has 1 aromatic heterocycles. The number of nitrogens with zero attached hydrogens (tertiary/aromatic N) is 4. The summed E-state index contributed by atoms with van der Waals surface area (Å²) in [5.74, 6) is -1.38. The van der Waals surface area contributed by atoms with Crippen LogP contribution in [0.4, 0.5) is 11.4 Å². The highest BCUT2D eigenvalue weighted by Gasteiger charge is 2.32. The van der Waals surface area contributed by atoms with Crippen LogP contribution in [-0.4, -0.2) is 28.5 Å². The second kappa shape index (κ2) is 6.07. The number of benzene rings is 2. The van der Waals surface area contributed by atoms with Gasteiger partial charge in [-0.25, -0.2) is 9.97 Å². The van der Waals surface area contributed by atoms with Crippen molar-refractivity contribution in [1.29, 1.82) is 0 Å². The van der Waals surface area contributed by atoms with E-state index in [9.17, 15) is 9.59 Å². The Morgan fingerprint density at radius 3 is 2.44 bits per heavy atom. The van der Waals surface area contributed by atoms with Gasteiger partial charge < -0.3 is 0 Å². The maximum atomic E-state index is 12.9. The van der Waals surface area contributed by atoms with Crippen molar-refractivity contribution in [1.82, 2.24) is 9.97 Å². The highest BCUT2D eigenvalue weighted by Crippen LogP contribution is 2.34. The average molecular weight is 351 g/mol. The van der Waals surface area contributed by atoms with Crippen LogP contribution in [0.5, 0.6) is 0 Å². The first-order chi connectivity index (χ1) is 12.2. The van der Waals surface area contributed by atoms with Gasteiger partial charge in [0, 0.05) is 6.21 Å². The molecule has 122 valence electrons. The first-order valence-electron chi connectivity index (χ1n) is 7.53. The van der Waals surface area contributed by atoms with Gasteiger partial charge in [0.15, 0.2) is 5.15 Å². The highest BCUT2D eigenvalue weighted by molar-refractivity contribution is 6.31. The number of para-hydroxylation sites is 4. The van der Waals surface area contributed by atoms with Gasteiger partial charge in [-0.05, 0) is 24.3 Å². The topological polar surface area (TPSA) is 75.5 Å². The minimum Gasteiger partial charge on any atom is -0.278 e. The molecule has 1 atom stereocenters. The summed E-state index contributed by atoms with van der Waals surface area (Å²) in [6.07, 6.45) is 1.93. The van der Waals surface area contributed by atoms with E-state index in [-0.39, 0.29) is 10.8 Å². The lowest BCUT2D eigenvalue weighted by Gasteiger charge is -2.18. The number of imide groups is 1. The minimum absolute atomic E-state index is 0.111. The van der Waals surface area contributed by atoms with Crippen LogP contribution < -0.4 is 4.90 Å². The number of aromatic nitrogens is 2. The van der Waals surface area contributed by atoms with Gasteiger partial charge in [0.2, 0.25) is 12.3 Å². The van der Waals surface area contributed by atoms with Gasteiger partial charge in [-0.2, -0.15) is 0 Å². The van der Waals surface area contributed by atoms with Gasteiger partial charge in [0.25, 0.3) is 0 Å². The second-order valence-corrected chi connectivity index (χ2v) is 5.80. The van der Waals surface area contributed by atoms with Crippen molar-refractivity contribution in [3.8, 4) is 0 Å². The van der Waals surface area contributed by atoms with Crippen molar-refractivity contribution in [2.45, 2.75) is 5.92 Å². The van der Waals surface area contributed by atoms with E-state index in [2.05, 4.69) is 15.0 Å². The number of rotatable bonds is 2. The van der Waals surface area contributed by atoms with Crippen molar-refractivity contribution in [2.75, 3.05) is 4.90 Å². The van der Waals surface area contributed by atoms with E-state index in [1.165, 1.54) is 6.21 Å². The van der Waals surface area contributed by atoms with E-state index in [0.717, 1.165) is 4.90 Å². The summed E-state index contributed by atoms with van der Waals surface area (Å²) in [7, 11) is 0. The molecule has 6 nitrogen and oxygen atoms in total. The maximum absolute atomic E-state index is 12.9. The van der Waals surface area contributed by atoms with Gasteiger partial charge >= 0.3 is 0 Å². The summed E-state index contributed by atoms with van der Waals surface area (Å²) in [6, 6.07) is 14.1. The lowest BCUT2D eigenvalue weighted by atomic mass is 10.1. The predicted molar refractivity (Wildman–Crippen MR) is 95.4 cm³/mol. The Labute approximate surface area is 147 Å². The molecule has 3 aromatic rings. The predicted octanol–water partition coefficient (Wildman–Crippen LogP) is 3.27. The maximum Gasteiger partial charge on any atom is 0.248 e. The molecule has 0 aliphatic carbocycles. The quantitative estimate of drug-likeness (QED) is 0.665. The van der Waals surface area contributed by atoms with Crippen LogP contribution in [0, 0.1) is 0 Å².